The third-order valence-electron chi connectivity index (χ3n) is 3.08. The molecule has 0 bridgehead atoms. The first kappa shape index (κ1) is 10.2. The third kappa shape index (κ3) is 1.73. The van der Waals surface area contributed by atoms with Gasteiger partial charge in [0.15, 0.2) is 0 Å². The average molecular weight is 254 g/mol. The van der Waals surface area contributed by atoms with Crippen molar-refractivity contribution in [3.05, 3.63) is 33.8 Å². The molecule has 1 aliphatic heterocycles. The summed E-state index contributed by atoms with van der Waals surface area (Å²) in [4.78, 5) is 0. The van der Waals surface area contributed by atoms with Crippen LogP contribution in [0.3, 0.4) is 0 Å². The molecular weight excluding hydrogens is 238 g/mol. The van der Waals surface area contributed by atoms with Gasteiger partial charge in [0, 0.05) is 11.0 Å². The Kier molecular flexibility index (Phi) is 2.67. The van der Waals surface area contributed by atoms with Crippen LogP contribution in [0.15, 0.2) is 22.7 Å². The van der Waals surface area contributed by atoms with Crippen LogP contribution in [-0.2, 0) is 12.0 Å². The van der Waals surface area contributed by atoms with Crippen molar-refractivity contribution in [1.29, 1.82) is 0 Å². The van der Waals surface area contributed by atoms with Crippen molar-refractivity contribution >= 4 is 15.9 Å². The van der Waals surface area contributed by atoms with Crippen molar-refractivity contribution in [3.63, 3.8) is 0 Å². The Labute approximate surface area is 94.0 Å². The molecule has 0 radical (unpaired) electrons. The molecule has 1 heterocycles. The van der Waals surface area contributed by atoms with E-state index in [2.05, 4.69) is 53.3 Å². The highest BCUT2D eigenvalue weighted by atomic mass is 79.9. The molecule has 0 spiro atoms. The van der Waals surface area contributed by atoms with E-state index in [1.54, 1.807) is 0 Å². The summed E-state index contributed by atoms with van der Waals surface area (Å²) in [6, 6.07) is 6.52. The molecule has 0 amide bonds. The van der Waals surface area contributed by atoms with E-state index in [1.807, 2.05) is 0 Å². The van der Waals surface area contributed by atoms with E-state index in [0.717, 1.165) is 13.1 Å². The fourth-order valence-electron chi connectivity index (χ4n) is 2.12. The zero-order valence-electron chi connectivity index (χ0n) is 8.73. The van der Waals surface area contributed by atoms with Crippen LogP contribution in [0, 0.1) is 0 Å². The zero-order valence-corrected chi connectivity index (χ0v) is 10.3. The highest BCUT2D eigenvalue weighted by molar-refractivity contribution is 9.10. The van der Waals surface area contributed by atoms with Gasteiger partial charge in [-0.1, -0.05) is 41.9 Å². The van der Waals surface area contributed by atoms with Gasteiger partial charge in [0.05, 0.1) is 0 Å². The summed E-state index contributed by atoms with van der Waals surface area (Å²) in [6.45, 7) is 6.74. The zero-order chi connectivity index (χ0) is 10.2. The molecular formula is C12H16BrN. The summed E-state index contributed by atoms with van der Waals surface area (Å²) in [6.07, 6.45) is 1.20. The van der Waals surface area contributed by atoms with E-state index in [4.69, 9.17) is 0 Å². The van der Waals surface area contributed by atoms with Crippen LogP contribution < -0.4 is 5.32 Å². The van der Waals surface area contributed by atoms with Crippen LogP contribution in [0.4, 0.5) is 0 Å². The predicted molar refractivity (Wildman–Crippen MR) is 63.5 cm³/mol. The van der Waals surface area contributed by atoms with E-state index in [1.165, 1.54) is 22.0 Å². The lowest BCUT2D eigenvalue weighted by Gasteiger charge is -2.25. The van der Waals surface area contributed by atoms with Gasteiger partial charge in [-0.25, -0.2) is 0 Å². The Balaban J connectivity index is 2.56. The van der Waals surface area contributed by atoms with Crippen molar-refractivity contribution in [2.24, 2.45) is 0 Å². The quantitative estimate of drug-likeness (QED) is 0.749. The van der Waals surface area contributed by atoms with E-state index < -0.39 is 0 Å². The van der Waals surface area contributed by atoms with Crippen LogP contribution in [0.25, 0.3) is 0 Å². The lowest BCUT2D eigenvalue weighted by Crippen LogP contribution is -2.20. The normalized spacial score (nSPS) is 19.9. The summed E-state index contributed by atoms with van der Waals surface area (Å²) in [7, 11) is 0. The van der Waals surface area contributed by atoms with Crippen molar-refractivity contribution < 1.29 is 0 Å². The minimum atomic E-state index is 0.294. The van der Waals surface area contributed by atoms with Crippen molar-refractivity contribution in [1.82, 2.24) is 5.32 Å². The Morgan fingerprint density at radius 1 is 1.36 bits per heavy atom. The van der Waals surface area contributed by atoms with Gasteiger partial charge in [0.2, 0.25) is 0 Å². The van der Waals surface area contributed by atoms with Gasteiger partial charge in [-0.05, 0) is 35.6 Å². The number of benzene rings is 1. The van der Waals surface area contributed by atoms with Gasteiger partial charge in [-0.15, -0.1) is 0 Å². The van der Waals surface area contributed by atoms with Crippen LogP contribution in [0.1, 0.15) is 31.4 Å². The monoisotopic (exact) mass is 253 g/mol. The van der Waals surface area contributed by atoms with E-state index >= 15 is 0 Å². The van der Waals surface area contributed by atoms with Crippen molar-refractivity contribution in [3.8, 4) is 0 Å². The lowest BCUT2D eigenvalue weighted by molar-refractivity contribution is 0.477. The van der Waals surface area contributed by atoms with Gasteiger partial charge < -0.3 is 5.32 Å². The maximum Gasteiger partial charge on any atom is 0.0223 e. The minimum Gasteiger partial charge on any atom is -0.313 e. The lowest BCUT2D eigenvalue weighted by atomic mass is 9.80. The maximum atomic E-state index is 3.63. The fraction of sp³-hybridized carbons (Fsp3) is 0.500. The summed E-state index contributed by atoms with van der Waals surface area (Å²) in [5.41, 5.74) is 3.20. The molecule has 0 atom stereocenters. The van der Waals surface area contributed by atoms with Gasteiger partial charge >= 0.3 is 0 Å². The summed E-state index contributed by atoms with van der Waals surface area (Å²) >= 11 is 3.63. The molecule has 0 aromatic heterocycles. The number of fused-ring (bicyclic) bond motifs is 1. The van der Waals surface area contributed by atoms with Crippen LogP contribution >= 0.6 is 15.9 Å². The summed E-state index contributed by atoms with van der Waals surface area (Å²) in [5.74, 6) is 0. The second-order valence-corrected chi connectivity index (χ2v) is 5.43. The van der Waals surface area contributed by atoms with Crippen LogP contribution in [0.5, 0.6) is 0 Å². The van der Waals surface area contributed by atoms with Crippen LogP contribution in [-0.4, -0.2) is 6.54 Å². The Hall–Kier alpha value is -0.340. The first-order chi connectivity index (χ1) is 6.61. The number of nitrogens with one attached hydrogen (secondary N) is 1. The third-order valence-corrected chi connectivity index (χ3v) is 3.82. The van der Waals surface area contributed by atoms with Gasteiger partial charge in [0.1, 0.15) is 0 Å². The second-order valence-electron chi connectivity index (χ2n) is 4.58. The molecule has 0 fully saturated rings. The largest absolute Gasteiger partial charge is 0.313 e. The molecule has 0 saturated carbocycles. The number of rotatable bonds is 0. The van der Waals surface area contributed by atoms with E-state index in [0.29, 0.717) is 5.41 Å². The van der Waals surface area contributed by atoms with Crippen LogP contribution in [0.2, 0.25) is 0 Å². The number of hydrogen-bond donors (Lipinski definition) is 1. The summed E-state index contributed by atoms with van der Waals surface area (Å²) < 4.78 is 1.23. The molecule has 2 rings (SSSR count). The summed E-state index contributed by atoms with van der Waals surface area (Å²) in [5, 5.41) is 3.47. The van der Waals surface area contributed by atoms with Gasteiger partial charge in [-0.3, -0.25) is 0 Å². The standard InChI is InChI=1S/C12H16BrN/c1-12(2)6-7-14-8-9-10(12)4-3-5-11(9)13/h3-5,14H,6-8H2,1-2H3. The van der Waals surface area contributed by atoms with Crippen molar-refractivity contribution in [2.75, 3.05) is 6.54 Å². The average Bonchev–Trinajstić information content (AvgIpc) is 2.27. The van der Waals surface area contributed by atoms with Crippen molar-refractivity contribution in [2.45, 2.75) is 32.2 Å². The number of halogens is 1. The first-order valence-corrected chi connectivity index (χ1v) is 5.89. The topological polar surface area (TPSA) is 12.0 Å². The van der Waals surface area contributed by atoms with Gasteiger partial charge in [0.25, 0.3) is 0 Å². The number of hydrogen-bond acceptors (Lipinski definition) is 1. The second kappa shape index (κ2) is 3.67. The molecule has 1 N–H and O–H groups in total. The predicted octanol–water partition coefficient (Wildman–Crippen LogP) is 3.22. The highest BCUT2D eigenvalue weighted by Gasteiger charge is 2.26. The van der Waals surface area contributed by atoms with E-state index in [-0.39, 0.29) is 0 Å². The minimum absolute atomic E-state index is 0.294. The Morgan fingerprint density at radius 3 is 2.93 bits per heavy atom. The Morgan fingerprint density at radius 2 is 2.14 bits per heavy atom. The molecule has 76 valence electrons. The smallest absolute Gasteiger partial charge is 0.0223 e. The van der Waals surface area contributed by atoms with E-state index in [9.17, 15) is 0 Å². The molecule has 0 aliphatic carbocycles. The fourth-order valence-corrected chi connectivity index (χ4v) is 2.63. The maximum absolute atomic E-state index is 3.63. The highest BCUT2D eigenvalue weighted by Crippen LogP contribution is 2.34. The molecule has 0 unspecified atom stereocenters. The SMILES string of the molecule is CC1(C)CCNCc2c(Br)cccc21. The molecule has 0 saturated heterocycles. The first-order valence-electron chi connectivity index (χ1n) is 5.10. The van der Waals surface area contributed by atoms with Gasteiger partial charge in [-0.2, -0.15) is 0 Å². The molecule has 1 aromatic carbocycles. The molecule has 1 aromatic rings. The molecule has 1 aliphatic rings. The Bertz CT molecular complexity index is 344. The molecule has 1 nitrogen and oxygen atoms in total. The molecule has 14 heavy (non-hydrogen) atoms. The molecule has 2 heteroatoms.